The average Bonchev–Trinajstić information content (AvgIpc) is 2.93. The molecule has 2 N–H and O–H groups in total. The van der Waals surface area contributed by atoms with Crippen molar-refractivity contribution in [3.8, 4) is 0 Å². The third kappa shape index (κ3) is 4.24. The number of hydrogen-bond donors (Lipinski definition) is 2. The number of halogens is 1. The van der Waals surface area contributed by atoms with Gasteiger partial charge in [0.25, 0.3) is 0 Å². The zero-order valence-electron chi connectivity index (χ0n) is 12.3. The number of anilines is 1. The lowest BCUT2D eigenvalue weighted by atomic mass is 10.3. The van der Waals surface area contributed by atoms with E-state index in [2.05, 4.69) is 10.3 Å². The van der Waals surface area contributed by atoms with Crippen molar-refractivity contribution in [3.05, 3.63) is 23.4 Å². The fourth-order valence-corrected chi connectivity index (χ4v) is 2.57. The summed E-state index contributed by atoms with van der Waals surface area (Å²) in [7, 11) is 1.58. The molecule has 0 aromatic carbocycles. The number of carboxylic acid groups (broad SMARTS) is 1. The Labute approximate surface area is 133 Å². The molecule has 120 valence electrons. The second-order valence-electron chi connectivity index (χ2n) is 5.26. The highest BCUT2D eigenvalue weighted by Crippen LogP contribution is 2.25. The zero-order valence-corrected chi connectivity index (χ0v) is 13.1. The zero-order chi connectivity index (χ0) is 16.1. The first kappa shape index (κ1) is 16.4. The third-order valence-electron chi connectivity index (χ3n) is 3.56. The molecule has 8 heteroatoms. The summed E-state index contributed by atoms with van der Waals surface area (Å²) in [5, 5.41) is 12.1. The van der Waals surface area contributed by atoms with Crippen LogP contribution in [-0.4, -0.2) is 59.7 Å². The smallest absolute Gasteiger partial charge is 0.317 e. The lowest BCUT2D eigenvalue weighted by Crippen LogP contribution is -2.44. The normalized spacial score (nSPS) is 17.4. The molecule has 1 aromatic heterocycles. The van der Waals surface area contributed by atoms with E-state index in [1.54, 1.807) is 25.4 Å². The van der Waals surface area contributed by atoms with Crippen molar-refractivity contribution in [2.24, 2.45) is 0 Å². The predicted octanol–water partition coefficient (Wildman–Crippen LogP) is 1.43. The summed E-state index contributed by atoms with van der Waals surface area (Å²) in [4.78, 5) is 30.2. The van der Waals surface area contributed by atoms with Crippen LogP contribution < -0.4 is 10.2 Å². The summed E-state index contributed by atoms with van der Waals surface area (Å²) in [6.07, 6.45) is 2.42. The second kappa shape index (κ2) is 7.31. The molecule has 0 radical (unpaired) electrons. The maximum atomic E-state index is 12.0. The summed E-state index contributed by atoms with van der Waals surface area (Å²) >= 11 is 6.12. The maximum absolute atomic E-state index is 12.0. The fourth-order valence-electron chi connectivity index (χ4n) is 2.33. The summed E-state index contributed by atoms with van der Waals surface area (Å²) in [6.45, 7) is 1.58. The molecule has 0 aliphatic carbocycles. The number of aliphatic carboxylic acids is 1. The molecule has 0 bridgehead atoms. The summed E-state index contributed by atoms with van der Waals surface area (Å²) in [5.74, 6) is -0.198. The number of aromatic nitrogens is 1. The highest BCUT2D eigenvalue weighted by molar-refractivity contribution is 6.32. The Morgan fingerprint density at radius 1 is 1.59 bits per heavy atom. The van der Waals surface area contributed by atoms with Gasteiger partial charge in [0.15, 0.2) is 0 Å². The van der Waals surface area contributed by atoms with Gasteiger partial charge in [-0.2, -0.15) is 0 Å². The maximum Gasteiger partial charge on any atom is 0.317 e. The van der Waals surface area contributed by atoms with E-state index in [1.165, 1.54) is 4.90 Å². The number of carbonyl (C=O) groups excluding carboxylic acids is 1. The van der Waals surface area contributed by atoms with Gasteiger partial charge in [-0.3, -0.25) is 4.79 Å². The van der Waals surface area contributed by atoms with Crippen molar-refractivity contribution in [3.63, 3.8) is 0 Å². The van der Waals surface area contributed by atoms with Crippen LogP contribution in [0.2, 0.25) is 5.02 Å². The van der Waals surface area contributed by atoms with Crippen LogP contribution >= 0.6 is 11.6 Å². The van der Waals surface area contributed by atoms with E-state index >= 15 is 0 Å². The predicted molar refractivity (Wildman–Crippen MR) is 83.3 cm³/mol. The average molecular weight is 327 g/mol. The van der Waals surface area contributed by atoms with Crippen molar-refractivity contribution in [1.29, 1.82) is 0 Å². The molecule has 1 aromatic rings. The van der Waals surface area contributed by atoms with E-state index in [0.717, 1.165) is 18.8 Å². The molecule has 1 fully saturated rings. The van der Waals surface area contributed by atoms with E-state index in [9.17, 15) is 9.59 Å². The number of carboxylic acids is 1. The highest BCUT2D eigenvalue weighted by Gasteiger charge is 2.26. The Bertz CT molecular complexity index is 555. The van der Waals surface area contributed by atoms with E-state index in [-0.39, 0.29) is 25.0 Å². The van der Waals surface area contributed by atoms with Gasteiger partial charge in [0, 0.05) is 38.9 Å². The molecular weight excluding hydrogens is 308 g/mol. The van der Waals surface area contributed by atoms with Crippen LogP contribution in [0.5, 0.6) is 0 Å². The van der Waals surface area contributed by atoms with Gasteiger partial charge in [0.2, 0.25) is 0 Å². The molecule has 2 amide bonds. The van der Waals surface area contributed by atoms with Crippen molar-refractivity contribution < 1.29 is 14.7 Å². The SMILES string of the molecule is CN(CCC(=O)O)C(=O)NC1CCN(c2ncccc2Cl)C1. The number of nitrogens with zero attached hydrogens (tertiary/aromatic N) is 3. The molecule has 0 saturated carbocycles. The third-order valence-corrected chi connectivity index (χ3v) is 3.86. The number of carbonyl (C=O) groups is 2. The summed E-state index contributed by atoms with van der Waals surface area (Å²) < 4.78 is 0. The lowest BCUT2D eigenvalue weighted by molar-refractivity contribution is -0.137. The van der Waals surface area contributed by atoms with Crippen molar-refractivity contribution in [2.75, 3.05) is 31.6 Å². The van der Waals surface area contributed by atoms with E-state index in [0.29, 0.717) is 11.6 Å². The van der Waals surface area contributed by atoms with Gasteiger partial charge >= 0.3 is 12.0 Å². The molecule has 1 aliphatic rings. The van der Waals surface area contributed by atoms with Crippen molar-refractivity contribution >= 4 is 29.4 Å². The van der Waals surface area contributed by atoms with Gasteiger partial charge in [-0.15, -0.1) is 0 Å². The Morgan fingerprint density at radius 2 is 2.36 bits per heavy atom. The Kier molecular flexibility index (Phi) is 5.43. The topological polar surface area (TPSA) is 85.8 Å². The monoisotopic (exact) mass is 326 g/mol. The van der Waals surface area contributed by atoms with Gasteiger partial charge in [0.05, 0.1) is 11.4 Å². The van der Waals surface area contributed by atoms with Gasteiger partial charge in [0.1, 0.15) is 5.82 Å². The van der Waals surface area contributed by atoms with Crippen molar-refractivity contribution in [1.82, 2.24) is 15.2 Å². The Morgan fingerprint density at radius 3 is 3.05 bits per heavy atom. The minimum absolute atomic E-state index is 0.00199. The number of hydrogen-bond acceptors (Lipinski definition) is 4. The second-order valence-corrected chi connectivity index (χ2v) is 5.66. The van der Waals surface area contributed by atoms with Crippen LogP contribution in [0.25, 0.3) is 0 Å². The molecule has 1 saturated heterocycles. The van der Waals surface area contributed by atoms with Crippen LogP contribution in [0.15, 0.2) is 18.3 Å². The number of rotatable bonds is 5. The van der Waals surface area contributed by atoms with Gasteiger partial charge in [-0.1, -0.05) is 11.6 Å². The minimum Gasteiger partial charge on any atom is -0.481 e. The molecule has 0 spiro atoms. The quantitative estimate of drug-likeness (QED) is 0.855. The number of pyridine rings is 1. The standard InChI is InChI=1S/C14H19ClN4O3/c1-18(7-5-12(20)21)14(22)17-10-4-8-19(9-10)13-11(15)3-2-6-16-13/h2-3,6,10H,4-5,7-9H2,1H3,(H,17,22)(H,20,21). The number of amides is 2. The van der Waals surface area contributed by atoms with Gasteiger partial charge in [-0.25, -0.2) is 9.78 Å². The van der Waals surface area contributed by atoms with Crippen molar-refractivity contribution in [2.45, 2.75) is 18.9 Å². The van der Waals surface area contributed by atoms with Crippen LogP contribution in [0.3, 0.4) is 0 Å². The van der Waals surface area contributed by atoms with E-state index in [4.69, 9.17) is 16.7 Å². The van der Waals surface area contributed by atoms with E-state index in [1.807, 2.05) is 4.90 Å². The van der Waals surface area contributed by atoms with Gasteiger partial charge < -0.3 is 20.2 Å². The molecule has 22 heavy (non-hydrogen) atoms. The van der Waals surface area contributed by atoms with Gasteiger partial charge in [-0.05, 0) is 18.6 Å². The van der Waals surface area contributed by atoms with Crippen LogP contribution in [0.4, 0.5) is 10.6 Å². The first-order chi connectivity index (χ1) is 10.5. The molecule has 1 unspecified atom stereocenters. The van der Waals surface area contributed by atoms with Crippen LogP contribution in [0, 0.1) is 0 Å². The molecule has 1 aliphatic heterocycles. The molecular formula is C14H19ClN4O3. The first-order valence-corrected chi connectivity index (χ1v) is 7.44. The summed E-state index contributed by atoms with van der Waals surface area (Å²) in [5.41, 5.74) is 0. The molecule has 2 rings (SSSR count). The molecule has 7 nitrogen and oxygen atoms in total. The highest BCUT2D eigenvalue weighted by atomic mass is 35.5. The number of nitrogens with one attached hydrogen (secondary N) is 1. The number of urea groups is 1. The summed E-state index contributed by atoms with van der Waals surface area (Å²) in [6, 6.07) is 3.30. The minimum atomic E-state index is -0.920. The van der Waals surface area contributed by atoms with Crippen LogP contribution in [-0.2, 0) is 4.79 Å². The Hall–Kier alpha value is -2.02. The Balaban J connectivity index is 1.85. The van der Waals surface area contributed by atoms with E-state index < -0.39 is 5.97 Å². The lowest BCUT2D eigenvalue weighted by Gasteiger charge is -2.21. The fraction of sp³-hybridized carbons (Fsp3) is 0.500. The molecule has 2 heterocycles. The van der Waals surface area contributed by atoms with Crippen LogP contribution in [0.1, 0.15) is 12.8 Å². The largest absolute Gasteiger partial charge is 0.481 e. The first-order valence-electron chi connectivity index (χ1n) is 7.06. The molecule has 1 atom stereocenters.